The van der Waals surface area contributed by atoms with Crippen LogP contribution in [0.2, 0.25) is 0 Å². The van der Waals surface area contributed by atoms with Gasteiger partial charge in [-0.05, 0) is 99.8 Å². The minimum atomic E-state index is -3.97. The molecule has 1 aromatic carbocycles. The topological polar surface area (TPSA) is 80.6 Å². The Morgan fingerprint density at radius 3 is 2.31 bits per heavy atom. The molecule has 1 aliphatic heterocycles. The van der Waals surface area contributed by atoms with Gasteiger partial charge in [0.25, 0.3) is 0 Å². The van der Waals surface area contributed by atoms with Gasteiger partial charge < -0.3 is 10.0 Å². The molecule has 0 unspecified atom stereocenters. The van der Waals surface area contributed by atoms with Crippen LogP contribution in [0.15, 0.2) is 17.6 Å². The number of urea groups is 1. The molecule has 1 N–H and O–H groups in total. The van der Waals surface area contributed by atoms with E-state index in [-0.39, 0.29) is 35.1 Å². The van der Waals surface area contributed by atoms with Gasteiger partial charge in [-0.1, -0.05) is 12.1 Å². The first-order valence-electron chi connectivity index (χ1n) is 10.1. The fraction of sp³-hybridized carbons (Fsp3) is 0.571. The molecular formula is C21H28N3NaO3S. The van der Waals surface area contributed by atoms with Gasteiger partial charge >= 0.3 is 29.6 Å². The number of amides is 2. The molecule has 1 aromatic rings. The second-order valence-corrected chi connectivity index (χ2v) is 9.94. The summed E-state index contributed by atoms with van der Waals surface area (Å²) in [6.07, 6.45) is 9.63. The van der Waals surface area contributed by atoms with Crippen molar-refractivity contribution in [3.05, 3.63) is 44.5 Å². The Kier molecular flexibility index (Phi) is 6.85. The van der Waals surface area contributed by atoms with Gasteiger partial charge in [0.05, 0.1) is 0 Å². The minimum absolute atomic E-state index is 0. The van der Waals surface area contributed by atoms with Crippen LogP contribution in [0.25, 0.3) is 4.72 Å². The average molecular weight is 426 g/mol. The summed E-state index contributed by atoms with van der Waals surface area (Å²) in [5.74, 6) is 0. The molecule has 6 nitrogen and oxygen atoms in total. The van der Waals surface area contributed by atoms with E-state index in [4.69, 9.17) is 0 Å². The molecule has 1 saturated heterocycles. The minimum Gasteiger partial charge on any atom is -0.423 e. The molecular weight excluding hydrogens is 397 g/mol. The van der Waals surface area contributed by atoms with E-state index in [9.17, 15) is 13.2 Å². The summed E-state index contributed by atoms with van der Waals surface area (Å²) >= 11 is 0. The van der Waals surface area contributed by atoms with Crippen molar-refractivity contribution in [2.45, 2.75) is 63.8 Å². The van der Waals surface area contributed by atoms with Crippen LogP contribution >= 0.6 is 0 Å². The van der Waals surface area contributed by atoms with Gasteiger partial charge in [-0.15, -0.1) is 0 Å². The first-order valence-corrected chi connectivity index (χ1v) is 11.6. The summed E-state index contributed by atoms with van der Waals surface area (Å²) in [4.78, 5) is 14.6. The molecule has 1 heterocycles. The number of anilines is 1. The van der Waals surface area contributed by atoms with Crippen molar-refractivity contribution in [3.8, 4) is 0 Å². The Balaban J connectivity index is 0.00000240. The second-order valence-electron chi connectivity index (χ2n) is 8.46. The number of sulfonamides is 1. The van der Waals surface area contributed by atoms with Crippen molar-refractivity contribution in [2.24, 2.45) is 0 Å². The number of likely N-dealkylation sites (N-methyl/N-ethyl adjacent to an activating group) is 1. The van der Waals surface area contributed by atoms with Crippen molar-refractivity contribution in [3.63, 3.8) is 0 Å². The Labute approximate surface area is 195 Å². The van der Waals surface area contributed by atoms with E-state index in [1.165, 1.54) is 11.1 Å². The summed E-state index contributed by atoms with van der Waals surface area (Å²) in [6, 6.07) is 1.47. The first kappa shape index (κ1) is 22.8. The van der Waals surface area contributed by atoms with Crippen molar-refractivity contribution >= 4 is 21.7 Å². The molecule has 2 aliphatic carbocycles. The summed E-state index contributed by atoms with van der Waals surface area (Å²) in [5, 5.41) is 3.89. The van der Waals surface area contributed by atoms with E-state index in [1.807, 2.05) is 14.0 Å². The smallest absolute Gasteiger partial charge is 0.423 e. The van der Waals surface area contributed by atoms with Crippen molar-refractivity contribution < 1.29 is 42.8 Å². The zero-order valence-electron chi connectivity index (χ0n) is 17.6. The molecule has 152 valence electrons. The summed E-state index contributed by atoms with van der Waals surface area (Å²) < 4.78 is 28.2. The van der Waals surface area contributed by atoms with E-state index in [1.54, 1.807) is 6.08 Å². The molecule has 8 heteroatoms. The zero-order chi connectivity index (χ0) is 19.9. The van der Waals surface area contributed by atoms with Gasteiger partial charge in [0.2, 0.25) is 0 Å². The van der Waals surface area contributed by atoms with Crippen LogP contribution in [0.4, 0.5) is 10.5 Å². The predicted octanol–water partition coefficient (Wildman–Crippen LogP) is 0.901. The second kappa shape index (κ2) is 8.71. The van der Waals surface area contributed by atoms with Gasteiger partial charge in [-0.25, -0.2) is 8.42 Å². The maximum atomic E-state index is 12.5. The van der Waals surface area contributed by atoms with E-state index in [0.29, 0.717) is 0 Å². The van der Waals surface area contributed by atoms with Gasteiger partial charge in [0.1, 0.15) is 0 Å². The van der Waals surface area contributed by atoms with Gasteiger partial charge in [0, 0.05) is 10.9 Å². The number of fused-ring (bicyclic) bond motifs is 2. The molecule has 2 amide bonds. The number of benzene rings is 1. The largest absolute Gasteiger partial charge is 1.00 e. The molecule has 4 rings (SSSR count). The number of hydrogen-bond acceptors (Lipinski definition) is 4. The maximum absolute atomic E-state index is 12.5. The molecule has 3 aliphatic rings. The molecule has 0 aromatic heterocycles. The normalized spacial score (nSPS) is 23.7. The van der Waals surface area contributed by atoms with E-state index in [2.05, 4.69) is 21.0 Å². The third kappa shape index (κ3) is 4.74. The number of carbonyl (C=O) groups excluding carboxylic acids is 1. The standard InChI is InChI=1S/C21H29N3O3S.Na/c1-21(10-5-12-24(21)2)11-13-28(26,27)23-20(25)22-19-17-8-3-6-15(17)14-16-7-4-9-18(16)19;/h11,13-14H,3-10,12H2,1-2H3,(H2,22,23,25);/q;+1/p-1/b13-11+;/t21-;/m0./s1. The van der Waals surface area contributed by atoms with Crippen LogP contribution in [0.3, 0.4) is 0 Å². The monoisotopic (exact) mass is 425 g/mol. The van der Waals surface area contributed by atoms with Crippen molar-refractivity contribution in [2.75, 3.05) is 18.9 Å². The fourth-order valence-electron chi connectivity index (χ4n) is 4.81. The maximum Gasteiger partial charge on any atom is 1.00 e. The number of rotatable bonds is 4. The predicted molar refractivity (Wildman–Crippen MR) is 111 cm³/mol. The zero-order valence-corrected chi connectivity index (χ0v) is 20.4. The average Bonchev–Trinajstić information content (AvgIpc) is 3.34. The molecule has 0 saturated carbocycles. The quantitative estimate of drug-likeness (QED) is 0.727. The van der Waals surface area contributed by atoms with Crippen molar-refractivity contribution in [1.82, 2.24) is 4.90 Å². The van der Waals surface area contributed by atoms with E-state index < -0.39 is 16.1 Å². The number of aryl methyl sites for hydroxylation is 2. The molecule has 1 atom stereocenters. The van der Waals surface area contributed by atoms with Crippen LogP contribution in [-0.4, -0.2) is 38.5 Å². The Morgan fingerprint density at radius 1 is 1.14 bits per heavy atom. The van der Waals surface area contributed by atoms with Crippen LogP contribution < -0.4 is 34.9 Å². The summed E-state index contributed by atoms with van der Waals surface area (Å²) in [6.45, 7) is 2.94. The Hall–Kier alpha value is -0.860. The van der Waals surface area contributed by atoms with Gasteiger partial charge in [0.15, 0.2) is 16.1 Å². The fourth-order valence-corrected chi connectivity index (χ4v) is 5.61. The molecule has 1 fully saturated rings. The number of nitrogens with one attached hydrogen (secondary N) is 1. The molecule has 0 radical (unpaired) electrons. The molecule has 29 heavy (non-hydrogen) atoms. The summed E-state index contributed by atoms with van der Waals surface area (Å²) in [7, 11) is -2.00. The van der Waals surface area contributed by atoms with Gasteiger partial charge in [-0.2, -0.15) is 0 Å². The molecule has 0 spiro atoms. The SMILES string of the molecule is CN1CCC[C@@]1(C)/C=C/S(=O)(=O)[N-]C(=O)Nc1c2c(cc3c1CCC3)CCC2.[Na+]. The third-order valence-electron chi connectivity index (χ3n) is 6.56. The van der Waals surface area contributed by atoms with E-state index >= 15 is 0 Å². The third-order valence-corrected chi connectivity index (χ3v) is 7.46. The Bertz CT molecular complexity index is 913. The number of carbonyl (C=O) groups is 1. The number of hydrogen-bond donors (Lipinski definition) is 1. The summed E-state index contributed by atoms with van der Waals surface area (Å²) in [5.41, 5.74) is 5.42. The molecule has 0 bridgehead atoms. The number of likely N-dealkylation sites (tertiary alicyclic amines) is 1. The van der Waals surface area contributed by atoms with Gasteiger partial charge in [-0.3, -0.25) is 9.69 Å². The van der Waals surface area contributed by atoms with E-state index in [0.717, 1.165) is 80.1 Å². The van der Waals surface area contributed by atoms with Crippen molar-refractivity contribution in [1.29, 1.82) is 0 Å². The van der Waals surface area contributed by atoms with Crippen LogP contribution in [0.1, 0.15) is 54.9 Å². The first-order chi connectivity index (χ1) is 13.3. The van der Waals surface area contributed by atoms with Crippen LogP contribution in [0, 0.1) is 0 Å². The van der Waals surface area contributed by atoms with Crippen LogP contribution in [-0.2, 0) is 35.7 Å². The Morgan fingerprint density at radius 2 is 1.76 bits per heavy atom. The number of nitrogens with zero attached hydrogens (tertiary/aromatic N) is 2. The van der Waals surface area contributed by atoms with Crippen LogP contribution in [0.5, 0.6) is 0 Å².